The summed E-state index contributed by atoms with van der Waals surface area (Å²) in [5.41, 5.74) is 1.25. The van der Waals surface area contributed by atoms with Crippen molar-refractivity contribution < 1.29 is 4.74 Å². The van der Waals surface area contributed by atoms with Crippen LogP contribution in [0.5, 0.6) is 5.75 Å². The molecule has 2 nitrogen and oxygen atoms in total. The fourth-order valence-corrected chi connectivity index (χ4v) is 2.11. The van der Waals surface area contributed by atoms with Gasteiger partial charge in [-0.2, -0.15) is 0 Å². The number of hydrogen-bond acceptors (Lipinski definition) is 2. The second kappa shape index (κ2) is 5.87. The highest BCUT2D eigenvalue weighted by Gasteiger charge is 2.09. The Bertz CT molecular complexity index is 519. The van der Waals surface area contributed by atoms with Gasteiger partial charge in [0.1, 0.15) is 5.75 Å². The van der Waals surface area contributed by atoms with Crippen LogP contribution in [0.25, 0.3) is 10.8 Å². The predicted molar refractivity (Wildman–Crippen MR) is 77.1 cm³/mol. The van der Waals surface area contributed by atoms with Crippen LogP contribution in [0, 0.1) is 0 Å². The van der Waals surface area contributed by atoms with Gasteiger partial charge in [0, 0.05) is 12.1 Å². The fourth-order valence-electron chi connectivity index (χ4n) is 2.11. The van der Waals surface area contributed by atoms with E-state index in [1.54, 1.807) is 0 Å². The van der Waals surface area contributed by atoms with E-state index in [9.17, 15) is 0 Å². The van der Waals surface area contributed by atoms with Crippen molar-refractivity contribution in [2.45, 2.75) is 33.4 Å². The second-order valence-electron chi connectivity index (χ2n) is 4.71. The predicted octanol–water partition coefficient (Wildman–Crippen LogP) is 3.74. The topological polar surface area (TPSA) is 21.3 Å². The van der Waals surface area contributed by atoms with Crippen molar-refractivity contribution in [1.82, 2.24) is 5.32 Å². The molecule has 2 aromatic rings. The molecule has 0 aliphatic heterocycles. The zero-order chi connectivity index (χ0) is 13.0. The maximum atomic E-state index is 5.91. The standard InChI is InChI=1S/C16H21NO/c1-4-17-11-15-14-8-6-5-7-13(14)9-10-16(15)18-12(2)3/h5-10,12,17H,4,11H2,1-3H3. The van der Waals surface area contributed by atoms with Crippen LogP contribution in [0.1, 0.15) is 26.3 Å². The van der Waals surface area contributed by atoms with Crippen LogP contribution in [0.15, 0.2) is 36.4 Å². The molecule has 1 N–H and O–H groups in total. The first kappa shape index (κ1) is 12.9. The van der Waals surface area contributed by atoms with Crippen molar-refractivity contribution in [2.75, 3.05) is 6.54 Å². The molecular weight excluding hydrogens is 222 g/mol. The molecular formula is C16H21NO. The van der Waals surface area contributed by atoms with E-state index in [0.717, 1.165) is 18.8 Å². The van der Waals surface area contributed by atoms with E-state index in [1.807, 2.05) is 0 Å². The van der Waals surface area contributed by atoms with E-state index in [4.69, 9.17) is 4.74 Å². The summed E-state index contributed by atoms with van der Waals surface area (Å²) in [4.78, 5) is 0. The summed E-state index contributed by atoms with van der Waals surface area (Å²) in [7, 11) is 0. The van der Waals surface area contributed by atoms with E-state index in [-0.39, 0.29) is 6.10 Å². The molecule has 0 heterocycles. The van der Waals surface area contributed by atoms with Gasteiger partial charge in [0.2, 0.25) is 0 Å². The Morgan fingerprint density at radius 2 is 1.89 bits per heavy atom. The molecule has 2 aromatic carbocycles. The van der Waals surface area contributed by atoms with Crippen molar-refractivity contribution in [2.24, 2.45) is 0 Å². The third kappa shape index (κ3) is 2.82. The smallest absolute Gasteiger partial charge is 0.124 e. The van der Waals surface area contributed by atoms with Crippen molar-refractivity contribution >= 4 is 10.8 Å². The Kier molecular flexibility index (Phi) is 4.21. The number of ether oxygens (including phenoxy) is 1. The van der Waals surface area contributed by atoms with E-state index in [1.165, 1.54) is 16.3 Å². The molecule has 0 saturated heterocycles. The lowest BCUT2D eigenvalue weighted by molar-refractivity contribution is 0.240. The molecule has 0 amide bonds. The van der Waals surface area contributed by atoms with Crippen LogP contribution in [-0.2, 0) is 6.54 Å². The summed E-state index contributed by atoms with van der Waals surface area (Å²) in [5.74, 6) is 0.990. The van der Waals surface area contributed by atoms with Gasteiger partial charge in [-0.3, -0.25) is 0 Å². The first-order valence-electron chi connectivity index (χ1n) is 6.60. The van der Waals surface area contributed by atoms with E-state index in [0.29, 0.717) is 0 Å². The Hall–Kier alpha value is -1.54. The van der Waals surface area contributed by atoms with Crippen molar-refractivity contribution in [3.8, 4) is 5.75 Å². The third-order valence-electron chi connectivity index (χ3n) is 2.91. The Morgan fingerprint density at radius 3 is 2.61 bits per heavy atom. The molecule has 18 heavy (non-hydrogen) atoms. The zero-order valence-corrected chi connectivity index (χ0v) is 11.4. The summed E-state index contributed by atoms with van der Waals surface area (Å²) in [6.07, 6.45) is 0.200. The van der Waals surface area contributed by atoms with Crippen LogP contribution in [-0.4, -0.2) is 12.6 Å². The molecule has 0 fully saturated rings. The lowest BCUT2D eigenvalue weighted by atomic mass is 10.0. The first-order valence-corrected chi connectivity index (χ1v) is 6.60. The Morgan fingerprint density at radius 1 is 1.11 bits per heavy atom. The van der Waals surface area contributed by atoms with E-state index < -0.39 is 0 Å². The number of rotatable bonds is 5. The molecule has 96 valence electrons. The van der Waals surface area contributed by atoms with Crippen molar-refractivity contribution in [3.63, 3.8) is 0 Å². The average molecular weight is 243 g/mol. The third-order valence-corrected chi connectivity index (χ3v) is 2.91. The molecule has 0 saturated carbocycles. The summed E-state index contributed by atoms with van der Waals surface area (Å²) in [5, 5.41) is 5.93. The molecule has 2 heteroatoms. The normalized spacial score (nSPS) is 11.1. The van der Waals surface area contributed by atoms with Gasteiger partial charge in [0.15, 0.2) is 0 Å². The minimum Gasteiger partial charge on any atom is -0.491 e. The highest BCUT2D eigenvalue weighted by Crippen LogP contribution is 2.28. The molecule has 0 atom stereocenters. The number of benzene rings is 2. The lowest BCUT2D eigenvalue weighted by Crippen LogP contribution is -2.15. The van der Waals surface area contributed by atoms with Gasteiger partial charge < -0.3 is 10.1 Å². The maximum absolute atomic E-state index is 5.91. The maximum Gasteiger partial charge on any atom is 0.124 e. The highest BCUT2D eigenvalue weighted by atomic mass is 16.5. The molecule has 0 bridgehead atoms. The first-order chi connectivity index (χ1) is 8.72. The molecule has 0 aromatic heterocycles. The van der Waals surface area contributed by atoms with Crippen molar-refractivity contribution in [3.05, 3.63) is 42.0 Å². The fraction of sp³-hybridized carbons (Fsp3) is 0.375. The van der Waals surface area contributed by atoms with Crippen LogP contribution in [0.3, 0.4) is 0 Å². The Balaban J connectivity index is 2.48. The van der Waals surface area contributed by atoms with Gasteiger partial charge in [-0.15, -0.1) is 0 Å². The summed E-state index contributed by atoms with van der Waals surface area (Å²) in [6, 6.07) is 12.7. The quantitative estimate of drug-likeness (QED) is 0.863. The highest BCUT2D eigenvalue weighted by molar-refractivity contribution is 5.87. The molecule has 2 rings (SSSR count). The summed E-state index contributed by atoms with van der Waals surface area (Å²) in [6.45, 7) is 8.05. The van der Waals surface area contributed by atoms with Gasteiger partial charge in [0.05, 0.1) is 6.10 Å². The van der Waals surface area contributed by atoms with Gasteiger partial charge in [0.25, 0.3) is 0 Å². The van der Waals surface area contributed by atoms with Crippen LogP contribution in [0.2, 0.25) is 0 Å². The van der Waals surface area contributed by atoms with Crippen molar-refractivity contribution in [1.29, 1.82) is 0 Å². The monoisotopic (exact) mass is 243 g/mol. The SMILES string of the molecule is CCNCc1c(OC(C)C)ccc2ccccc12. The van der Waals surface area contributed by atoms with Crippen LogP contribution < -0.4 is 10.1 Å². The molecule has 0 spiro atoms. The molecule has 0 radical (unpaired) electrons. The van der Waals surface area contributed by atoms with Gasteiger partial charge in [-0.25, -0.2) is 0 Å². The summed E-state index contributed by atoms with van der Waals surface area (Å²) < 4.78 is 5.91. The summed E-state index contributed by atoms with van der Waals surface area (Å²) >= 11 is 0. The Labute approximate surface area is 109 Å². The number of fused-ring (bicyclic) bond motifs is 1. The molecule has 0 aliphatic rings. The minimum atomic E-state index is 0.200. The van der Waals surface area contributed by atoms with E-state index >= 15 is 0 Å². The zero-order valence-electron chi connectivity index (χ0n) is 11.4. The second-order valence-corrected chi connectivity index (χ2v) is 4.71. The van der Waals surface area contributed by atoms with E-state index in [2.05, 4.69) is 62.5 Å². The average Bonchev–Trinajstić information content (AvgIpc) is 2.37. The van der Waals surface area contributed by atoms with Gasteiger partial charge in [-0.1, -0.05) is 37.3 Å². The van der Waals surface area contributed by atoms with Gasteiger partial charge >= 0.3 is 0 Å². The molecule has 0 unspecified atom stereocenters. The van der Waals surface area contributed by atoms with Crippen LogP contribution in [0.4, 0.5) is 0 Å². The minimum absolute atomic E-state index is 0.200. The van der Waals surface area contributed by atoms with Crippen LogP contribution >= 0.6 is 0 Å². The molecule has 0 aliphatic carbocycles. The largest absolute Gasteiger partial charge is 0.491 e. The number of nitrogens with one attached hydrogen (secondary N) is 1. The lowest BCUT2D eigenvalue weighted by Gasteiger charge is -2.16. The number of hydrogen-bond donors (Lipinski definition) is 1. The van der Waals surface area contributed by atoms with Gasteiger partial charge in [-0.05, 0) is 37.2 Å².